The number of rotatable bonds is 12. The van der Waals surface area contributed by atoms with Crippen molar-refractivity contribution in [2.45, 2.75) is 52.7 Å². The number of hydrogen-bond acceptors (Lipinski definition) is 10. The molecule has 2 amide bonds. The van der Waals surface area contributed by atoms with Crippen molar-refractivity contribution in [3.05, 3.63) is 66.6 Å². The minimum Gasteiger partial charge on any atom is -0.493 e. The quantitative estimate of drug-likeness (QED) is 0.184. The van der Waals surface area contributed by atoms with Gasteiger partial charge in [0.25, 0.3) is 0 Å². The van der Waals surface area contributed by atoms with Crippen LogP contribution in [0.15, 0.2) is 61.1 Å². The van der Waals surface area contributed by atoms with Gasteiger partial charge in [-0.25, -0.2) is 19.7 Å². The first-order valence-corrected chi connectivity index (χ1v) is 14.5. The number of aromatic nitrogens is 3. The van der Waals surface area contributed by atoms with E-state index in [1.165, 1.54) is 17.4 Å². The standard InChI is InChI=1S/C33H39N5O7/c1-21(2)38(32(40)45-33(3,4)5)23-10-13-29(34-19-23)37-30(39)16-22-8-11-24(12-9-22)44-31-25-17-27(42-7)28(43-15-14-41-6)18-26(25)35-20-36-31/h8-13,17-21H,14-16H2,1-7H3,(H,34,37,39). The van der Waals surface area contributed by atoms with Crippen LogP contribution in [-0.4, -0.2) is 66.0 Å². The third-order valence-corrected chi connectivity index (χ3v) is 6.33. The van der Waals surface area contributed by atoms with Crippen molar-refractivity contribution < 1.29 is 33.3 Å². The second-order valence-electron chi connectivity index (χ2n) is 11.4. The lowest BCUT2D eigenvalue weighted by Crippen LogP contribution is -2.41. The topological polar surface area (TPSA) is 134 Å². The van der Waals surface area contributed by atoms with Gasteiger partial charge < -0.3 is 29.0 Å². The summed E-state index contributed by atoms with van der Waals surface area (Å²) in [6.45, 7) is 10.0. The van der Waals surface area contributed by atoms with Gasteiger partial charge in [-0.15, -0.1) is 0 Å². The molecule has 12 nitrogen and oxygen atoms in total. The number of hydrogen-bond donors (Lipinski definition) is 1. The van der Waals surface area contributed by atoms with Gasteiger partial charge in [-0.2, -0.15) is 0 Å². The summed E-state index contributed by atoms with van der Waals surface area (Å²) in [6, 6.07) is 13.9. The number of amides is 2. The second kappa shape index (κ2) is 14.7. The summed E-state index contributed by atoms with van der Waals surface area (Å²) >= 11 is 0. The molecule has 1 N–H and O–H groups in total. The Labute approximate surface area is 262 Å². The Morgan fingerprint density at radius 1 is 0.933 bits per heavy atom. The summed E-state index contributed by atoms with van der Waals surface area (Å²) in [4.78, 5) is 40.0. The summed E-state index contributed by atoms with van der Waals surface area (Å²) in [5, 5.41) is 3.45. The molecule has 4 aromatic rings. The van der Waals surface area contributed by atoms with E-state index in [2.05, 4.69) is 20.3 Å². The lowest BCUT2D eigenvalue weighted by atomic mass is 10.1. The molecule has 45 heavy (non-hydrogen) atoms. The van der Waals surface area contributed by atoms with Crippen molar-refractivity contribution in [3.63, 3.8) is 0 Å². The average molecular weight is 618 g/mol. The number of ether oxygens (including phenoxy) is 5. The molecule has 0 saturated heterocycles. The van der Waals surface area contributed by atoms with E-state index < -0.39 is 11.7 Å². The zero-order valence-corrected chi connectivity index (χ0v) is 26.6. The van der Waals surface area contributed by atoms with Crippen LogP contribution in [-0.2, 0) is 20.7 Å². The van der Waals surface area contributed by atoms with Crippen LogP contribution in [0.4, 0.5) is 16.3 Å². The molecule has 0 spiro atoms. The van der Waals surface area contributed by atoms with Gasteiger partial charge in [-0.3, -0.25) is 9.69 Å². The molecule has 12 heteroatoms. The summed E-state index contributed by atoms with van der Waals surface area (Å²) in [5.41, 5.74) is 1.35. The highest BCUT2D eigenvalue weighted by atomic mass is 16.6. The molecule has 0 atom stereocenters. The zero-order chi connectivity index (χ0) is 32.6. The van der Waals surface area contributed by atoms with Crippen LogP contribution < -0.4 is 24.4 Å². The molecule has 2 aromatic carbocycles. The van der Waals surface area contributed by atoms with Gasteiger partial charge in [-0.05, 0) is 70.5 Å². The van der Waals surface area contributed by atoms with Crippen LogP contribution in [0.2, 0.25) is 0 Å². The molecular weight excluding hydrogens is 578 g/mol. The fourth-order valence-corrected chi connectivity index (χ4v) is 4.32. The Morgan fingerprint density at radius 2 is 1.69 bits per heavy atom. The van der Waals surface area contributed by atoms with Crippen molar-refractivity contribution in [2.75, 3.05) is 37.7 Å². The van der Waals surface area contributed by atoms with E-state index in [-0.39, 0.29) is 18.4 Å². The van der Waals surface area contributed by atoms with Crippen LogP contribution in [0.25, 0.3) is 10.9 Å². The van der Waals surface area contributed by atoms with Gasteiger partial charge in [0.15, 0.2) is 11.5 Å². The van der Waals surface area contributed by atoms with E-state index in [4.69, 9.17) is 23.7 Å². The molecule has 4 rings (SSSR count). The average Bonchev–Trinajstić information content (AvgIpc) is 2.98. The first-order chi connectivity index (χ1) is 21.5. The van der Waals surface area contributed by atoms with E-state index in [9.17, 15) is 9.59 Å². The van der Waals surface area contributed by atoms with Crippen molar-refractivity contribution in [1.29, 1.82) is 0 Å². The molecule has 0 fully saturated rings. The molecule has 238 valence electrons. The third-order valence-electron chi connectivity index (χ3n) is 6.33. The maximum Gasteiger partial charge on any atom is 0.415 e. The highest BCUT2D eigenvalue weighted by Gasteiger charge is 2.26. The molecule has 0 aliphatic rings. The molecule has 2 heterocycles. The van der Waals surface area contributed by atoms with Crippen LogP contribution in [0, 0.1) is 0 Å². The van der Waals surface area contributed by atoms with Gasteiger partial charge >= 0.3 is 6.09 Å². The van der Waals surface area contributed by atoms with Crippen LogP contribution in [0.3, 0.4) is 0 Å². The Bertz CT molecular complexity index is 1600. The molecule has 2 aromatic heterocycles. The predicted molar refractivity (Wildman–Crippen MR) is 170 cm³/mol. The fourth-order valence-electron chi connectivity index (χ4n) is 4.32. The van der Waals surface area contributed by atoms with Gasteiger partial charge in [-0.1, -0.05) is 12.1 Å². The predicted octanol–water partition coefficient (Wildman–Crippen LogP) is 6.18. The highest BCUT2D eigenvalue weighted by Crippen LogP contribution is 2.36. The maximum absolute atomic E-state index is 12.8. The van der Waals surface area contributed by atoms with Crippen LogP contribution in [0.5, 0.6) is 23.1 Å². The van der Waals surface area contributed by atoms with Gasteiger partial charge in [0.2, 0.25) is 11.8 Å². The molecule has 0 radical (unpaired) electrons. The monoisotopic (exact) mass is 617 g/mol. The number of carbonyl (C=O) groups is 2. The maximum atomic E-state index is 12.8. The van der Waals surface area contributed by atoms with E-state index in [1.54, 1.807) is 62.8 Å². The summed E-state index contributed by atoms with van der Waals surface area (Å²) in [5.74, 6) is 2.08. The van der Waals surface area contributed by atoms with Gasteiger partial charge in [0, 0.05) is 19.2 Å². The minimum atomic E-state index is -0.626. The third kappa shape index (κ3) is 9.02. The first-order valence-electron chi connectivity index (χ1n) is 14.5. The van der Waals surface area contributed by atoms with Crippen molar-refractivity contribution in [3.8, 4) is 23.1 Å². The number of nitrogens with one attached hydrogen (secondary N) is 1. The van der Waals surface area contributed by atoms with E-state index in [0.29, 0.717) is 58.8 Å². The molecule has 0 saturated carbocycles. The number of pyridine rings is 1. The molecule has 0 unspecified atom stereocenters. The van der Waals surface area contributed by atoms with Gasteiger partial charge in [0.1, 0.15) is 30.1 Å². The summed E-state index contributed by atoms with van der Waals surface area (Å²) in [6.07, 6.45) is 2.61. The minimum absolute atomic E-state index is 0.124. The van der Waals surface area contributed by atoms with Crippen LogP contribution in [0.1, 0.15) is 40.2 Å². The number of methoxy groups -OCH3 is 2. The lowest BCUT2D eigenvalue weighted by Gasteiger charge is -2.30. The fraction of sp³-hybridized carbons (Fsp3) is 0.364. The first kappa shape index (κ1) is 32.9. The zero-order valence-electron chi connectivity index (χ0n) is 26.6. The Morgan fingerprint density at radius 3 is 2.31 bits per heavy atom. The molecule has 0 bridgehead atoms. The highest BCUT2D eigenvalue weighted by molar-refractivity contribution is 5.92. The van der Waals surface area contributed by atoms with E-state index >= 15 is 0 Å². The Kier molecular flexibility index (Phi) is 10.7. The molecule has 0 aliphatic heterocycles. The lowest BCUT2D eigenvalue weighted by molar-refractivity contribution is -0.115. The number of carbonyl (C=O) groups excluding carboxylic acids is 2. The Hall–Kier alpha value is -4.97. The van der Waals surface area contributed by atoms with E-state index in [0.717, 1.165) is 5.56 Å². The van der Waals surface area contributed by atoms with E-state index in [1.807, 2.05) is 34.6 Å². The van der Waals surface area contributed by atoms with Crippen molar-refractivity contribution >= 4 is 34.4 Å². The molecular formula is C33H39N5O7. The number of fused-ring (bicyclic) bond motifs is 1. The largest absolute Gasteiger partial charge is 0.493 e. The SMILES string of the molecule is COCCOc1cc2ncnc(Oc3ccc(CC(=O)Nc4ccc(N(C(=O)OC(C)(C)C)C(C)C)cn4)cc3)c2cc1OC. The Balaban J connectivity index is 1.38. The normalized spacial score (nSPS) is 11.3. The number of nitrogens with zero attached hydrogens (tertiary/aromatic N) is 4. The number of benzene rings is 2. The second-order valence-corrected chi connectivity index (χ2v) is 11.4. The summed E-state index contributed by atoms with van der Waals surface area (Å²) in [7, 11) is 3.16. The van der Waals surface area contributed by atoms with Crippen molar-refractivity contribution in [2.24, 2.45) is 0 Å². The smallest absolute Gasteiger partial charge is 0.415 e. The van der Waals surface area contributed by atoms with Crippen LogP contribution >= 0.6 is 0 Å². The van der Waals surface area contributed by atoms with Crippen molar-refractivity contribution in [1.82, 2.24) is 15.0 Å². The molecule has 0 aliphatic carbocycles. The summed E-state index contributed by atoms with van der Waals surface area (Å²) < 4.78 is 27.9. The number of anilines is 2. The van der Waals surface area contributed by atoms with Gasteiger partial charge in [0.05, 0.1) is 42.9 Å².